The standard InChI is InChI=1S/C15H29N3O/c1-7-18(8-2)10-9-17-15(12-16)11-13(3,4)19-14(15,5)6/h17H,7-11H2,1-6H3. The van der Waals surface area contributed by atoms with Gasteiger partial charge in [-0.3, -0.25) is 5.32 Å². The summed E-state index contributed by atoms with van der Waals surface area (Å²) in [7, 11) is 0. The van der Waals surface area contributed by atoms with Crippen LogP contribution in [0.25, 0.3) is 0 Å². The van der Waals surface area contributed by atoms with E-state index in [2.05, 4.69) is 44.0 Å². The van der Waals surface area contributed by atoms with Gasteiger partial charge in [0.05, 0.1) is 17.3 Å². The van der Waals surface area contributed by atoms with Crippen molar-refractivity contribution in [2.75, 3.05) is 26.2 Å². The number of likely N-dealkylation sites (N-methyl/N-ethyl adjacent to an activating group) is 1. The second-order valence-corrected chi connectivity index (χ2v) is 6.52. The van der Waals surface area contributed by atoms with Gasteiger partial charge in [0.1, 0.15) is 5.54 Å². The van der Waals surface area contributed by atoms with Crippen LogP contribution in [0.5, 0.6) is 0 Å². The zero-order valence-corrected chi connectivity index (χ0v) is 13.3. The fourth-order valence-electron chi connectivity index (χ4n) is 3.12. The van der Waals surface area contributed by atoms with Crippen molar-refractivity contribution < 1.29 is 4.74 Å². The highest BCUT2D eigenvalue weighted by atomic mass is 16.5. The normalized spacial score (nSPS) is 28.5. The number of hydrogen-bond acceptors (Lipinski definition) is 4. The number of hydrogen-bond donors (Lipinski definition) is 1. The minimum Gasteiger partial charge on any atom is -0.367 e. The van der Waals surface area contributed by atoms with Gasteiger partial charge in [0, 0.05) is 19.5 Å². The molecule has 1 fully saturated rings. The third kappa shape index (κ3) is 3.47. The van der Waals surface area contributed by atoms with Crippen molar-refractivity contribution >= 4 is 0 Å². The predicted octanol–water partition coefficient (Wildman–Crippen LogP) is 2.16. The van der Waals surface area contributed by atoms with Crippen LogP contribution in [-0.4, -0.2) is 47.8 Å². The number of nitriles is 1. The van der Waals surface area contributed by atoms with Gasteiger partial charge in [0.15, 0.2) is 0 Å². The predicted molar refractivity (Wildman–Crippen MR) is 78.0 cm³/mol. The topological polar surface area (TPSA) is 48.3 Å². The summed E-state index contributed by atoms with van der Waals surface area (Å²) in [6.07, 6.45) is 0.724. The summed E-state index contributed by atoms with van der Waals surface area (Å²) in [4.78, 5) is 2.35. The van der Waals surface area contributed by atoms with Crippen molar-refractivity contribution in [1.82, 2.24) is 10.2 Å². The monoisotopic (exact) mass is 267 g/mol. The van der Waals surface area contributed by atoms with E-state index in [0.717, 1.165) is 32.6 Å². The van der Waals surface area contributed by atoms with Gasteiger partial charge >= 0.3 is 0 Å². The number of nitrogens with zero attached hydrogens (tertiary/aromatic N) is 2. The maximum absolute atomic E-state index is 9.66. The van der Waals surface area contributed by atoms with E-state index in [1.54, 1.807) is 0 Å². The van der Waals surface area contributed by atoms with E-state index in [1.165, 1.54) is 0 Å². The van der Waals surface area contributed by atoms with E-state index in [4.69, 9.17) is 4.74 Å². The minimum absolute atomic E-state index is 0.249. The number of nitrogens with one attached hydrogen (secondary N) is 1. The van der Waals surface area contributed by atoms with Gasteiger partial charge in [-0.05, 0) is 40.8 Å². The van der Waals surface area contributed by atoms with E-state index < -0.39 is 11.1 Å². The molecule has 0 saturated carbocycles. The lowest BCUT2D eigenvalue weighted by molar-refractivity contribution is -0.0766. The zero-order chi connectivity index (χ0) is 14.7. The molecule has 1 saturated heterocycles. The third-order valence-corrected chi connectivity index (χ3v) is 4.19. The highest BCUT2D eigenvalue weighted by Gasteiger charge is 2.57. The SMILES string of the molecule is CCN(CC)CCNC1(C#N)CC(C)(C)OC1(C)C. The number of ether oxygens (including phenoxy) is 1. The van der Waals surface area contributed by atoms with Gasteiger partial charge in [0.25, 0.3) is 0 Å². The molecule has 110 valence electrons. The Bertz CT molecular complexity index is 342. The van der Waals surface area contributed by atoms with Gasteiger partial charge in [-0.1, -0.05) is 13.8 Å². The Balaban J connectivity index is 2.70. The molecule has 1 atom stereocenters. The van der Waals surface area contributed by atoms with E-state index in [0.29, 0.717) is 0 Å². The first-order chi connectivity index (χ1) is 8.72. The van der Waals surface area contributed by atoms with Crippen molar-refractivity contribution in [3.8, 4) is 6.07 Å². The lowest BCUT2D eigenvalue weighted by Gasteiger charge is -2.35. The van der Waals surface area contributed by atoms with E-state index in [9.17, 15) is 5.26 Å². The number of rotatable bonds is 6. The van der Waals surface area contributed by atoms with Gasteiger partial charge < -0.3 is 9.64 Å². The molecule has 19 heavy (non-hydrogen) atoms. The summed E-state index contributed by atoms with van der Waals surface area (Å²) in [5.74, 6) is 0. The second-order valence-electron chi connectivity index (χ2n) is 6.52. The Morgan fingerprint density at radius 1 is 1.21 bits per heavy atom. The second kappa shape index (κ2) is 5.78. The van der Waals surface area contributed by atoms with Crippen molar-refractivity contribution in [1.29, 1.82) is 5.26 Å². The van der Waals surface area contributed by atoms with Crippen LogP contribution in [0, 0.1) is 11.3 Å². The highest BCUT2D eigenvalue weighted by molar-refractivity contribution is 5.23. The molecule has 1 aliphatic heterocycles. The summed E-state index contributed by atoms with van der Waals surface area (Å²) >= 11 is 0. The third-order valence-electron chi connectivity index (χ3n) is 4.19. The van der Waals surface area contributed by atoms with Gasteiger partial charge in [-0.25, -0.2) is 0 Å². The van der Waals surface area contributed by atoms with Gasteiger partial charge in [0.2, 0.25) is 0 Å². The van der Waals surface area contributed by atoms with Crippen molar-refractivity contribution in [2.24, 2.45) is 0 Å². The van der Waals surface area contributed by atoms with E-state index in [-0.39, 0.29) is 5.60 Å². The van der Waals surface area contributed by atoms with E-state index >= 15 is 0 Å². The van der Waals surface area contributed by atoms with Gasteiger partial charge in [-0.15, -0.1) is 0 Å². The van der Waals surface area contributed by atoms with Crippen LogP contribution in [0.1, 0.15) is 48.0 Å². The summed E-state index contributed by atoms with van der Waals surface area (Å²) in [6, 6.07) is 2.48. The molecule has 0 radical (unpaired) electrons. The average molecular weight is 267 g/mol. The molecule has 0 aromatic heterocycles. The molecule has 0 aromatic carbocycles. The van der Waals surface area contributed by atoms with Crippen LogP contribution in [0.4, 0.5) is 0 Å². The Morgan fingerprint density at radius 3 is 2.16 bits per heavy atom. The van der Waals surface area contributed by atoms with Crippen molar-refractivity contribution in [2.45, 2.75) is 64.7 Å². The molecule has 4 nitrogen and oxygen atoms in total. The van der Waals surface area contributed by atoms with Crippen LogP contribution in [0.3, 0.4) is 0 Å². The first-order valence-electron chi connectivity index (χ1n) is 7.31. The van der Waals surface area contributed by atoms with Crippen LogP contribution in [0.2, 0.25) is 0 Å². The van der Waals surface area contributed by atoms with Crippen LogP contribution in [0.15, 0.2) is 0 Å². The Kier molecular flexibility index (Phi) is 5.00. The molecular formula is C15H29N3O. The molecule has 0 aromatic rings. The highest BCUT2D eigenvalue weighted by Crippen LogP contribution is 2.44. The molecule has 0 amide bonds. The minimum atomic E-state index is -0.594. The lowest BCUT2D eigenvalue weighted by atomic mass is 9.80. The lowest BCUT2D eigenvalue weighted by Crippen LogP contribution is -2.57. The summed E-state index contributed by atoms with van der Waals surface area (Å²) in [6.45, 7) is 16.3. The Hall–Kier alpha value is -0.630. The fourth-order valence-corrected chi connectivity index (χ4v) is 3.12. The van der Waals surface area contributed by atoms with Crippen molar-refractivity contribution in [3.63, 3.8) is 0 Å². The molecule has 1 rings (SSSR count). The smallest absolute Gasteiger partial charge is 0.138 e. The molecule has 0 spiro atoms. The molecular weight excluding hydrogens is 238 g/mol. The maximum atomic E-state index is 9.66. The average Bonchev–Trinajstić information content (AvgIpc) is 2.50. The van der Waals surface area contributed by atoms with E-state index in [1.807, 2.05) is 13.8 Å². The molecule has 4 heteroatoms. The zero-order valence-electron chi connectivity index (χ0n) is 13.3. The largest absolute Gasteiger partial charge is 0.367 e. The molecule has 0 aliphatic carbocycles. The maximum Gasteiger partial charge on any atom is 0.138 e. The first kappa shape index (κ1) is 16.4. The first-order valence-corrected chi connectivity index (χ1v) is 7.31. The summed E-state index contributed by atoms with van der Waals surface area (Å²) < 4.78 is 6.05. The quantitative estimate of drug-likeness (QED) is 0.801. The molecule has 0 bridgehead atoms. The Labute approximate surface area is 118 Å². The molecule has 1 aliphatic rings. The Morgan fingerprint density at radius 2 is 1.79 bits per heavy atom. The summed E-state index contributed by atoms with van der Waals surface area (Å²) in [5.41, 5.74) is -1.31. The van der Waals surface area contributed by atoms with Crippen LogP contribution >= 0.6 is 0 Å². The molecule has 1 heterocycles. The fraction of sp³-hybridized carbons (Fsp3) is 0.933. The van der Waals surface area contributed by atoms with Gasteiger partial charge in [-0.2, -0.15) is 5.26 Å². The van der Waals surface area contributed by atoms with Crippen molar-refractivity contribution in [3.05, 3.63) is 0 Å². The summed E-state index contributed by atoms with van der Waals surface area (Å²) in [5, 5.41) is 13.1. The molecule has 1 N–H and O–H groups in total. The van der Waals surface area contributed by atoms with Crippen LogP contribution < -0.4 is 5.32 Å². The molecule has 1 unspecified atom stereocenters. The van der Waals surface area contributed by atoms with Crippen LogP contribution in [-0.2, 0) is 4.74 Å².